The van der Waals surface area contributed by atoms with Gasteiger partial charge in [0.1, 0.15) is 0 Å². The Kier molecular flexibility index (Phi) is 4.66. The second-order valence-corrected chi connectivity index (χ2v) is 5.55. The number of piperidine rings is 1. The van der Waals surface area contributed by atoms with Gasteiger partial charge in [-0.3, -0.25) is 4.79 Å². The summed E-state index contributed by atoms with van der Waals surface area (Å²) >= 11 is 1.67. The number of likely N-dealkylation sites (tertiary alicyclic amines) is 1. The Bertz CT molecular complexity index is 405. The highest BCUT2D eigenvalue weighted by Gasteiger charge is 2.23. The van der Waals surface area contributed by atoms with E-state index in [0.717, 1.165) is 24.9 Å². The molecule has 0 bridgehead atoms. The molecule has 18 heavy (non-hydrogen) atoms. The van der Waals surface area contributed by atoms with E-state index in [0.29, 0.717) is 6.54 Å². The summed E-state index contributed by atoms with van der Waals surface area (Å²) in [6.07, 6.45) is 4.03. The second-order valence-electron chi connectivity index (χ2n) is 4.67. The highest BCUT2D eigenvalue weighted by atomic mass is 32.2. The van der Waals surface area contributed by atoms with Crippen molar-refractivity contribution in [3.05, 3.63) is 29.8 Å². The first-order valence-electron chi connectivity index (χ1n) is 6.28. The van der Waals surface area contributed by atoms with Gasteiger partial charge in [-0.2, -0.15) is 0 Å². The Hall–Kier alpha value is -1.00. The van der Waals surface area contributed by atoms with E-state index in [2.05, 4.69) is 0 Å². The van der Waals surface area contributed by atoms with Crippen molar-refractivity contribution in [2.75, 3.05) is 26.0 Å². The molecule has 0 aromatic heterocycles. The molecule has 0 saturated carbocycles. The molecule has 1 fully saturated rings. The van der Waals surface area contributed by atoms with Gasteiger partial charge < -0.3 is 10.0 Å². The van der Waals surface area contributed by atoms with E-state index in [1.54, 1.807) is 11.8 Å². The number of benzene rings is 1. The third-order valence-electron chi connectivity index (χ3n) is 3.40. The minimum absolute atomic E-state index is 0.0841. The molecule has 98 valence electrons. The summed E-state index contributed by atoms with van der Waals surface area (Å²) in [7, 11) is 0. The Morgan fingerprint density at radius 3 is 2.78 bits per heavy atom. The molecule has 1 aromatic carbocycles. The molecule has 0 radical (unpaired) electrons. The summed E-state index contributed by atoms with van der Waals surface area (Å²) < 4.78 is 0. The standard InChI is InChI=1S/C14H19NO2S/c1-18-13-6-4-12(5-7-13)14(17)15-8-2-3-11(9-15)10-16/h4-7,11,16H,2-3,8-10H2,1H3. The lowest BCUT2D eigenvalue weighted by atomic mass is 9.98. The van der Waals surface area contributed by atoms with Crippen molar-refractivity contribution < 1.29 is 9.90 Å². The van der Waals surface area contributed by atoms with Crippen molar-refractivity contribution in [2.45, 2.75) is 17.7 Å². The summed E-state index contributed by atoms with van der Waals surface area (Å²) in [4.78, 5) is 15.3. The number of carbonyl (C=O) groups excluding carboxylic acids is 1. The van der Waals surface area contributed by atoms with E-state index < -0.39 is 0 Å². The molecule has 1 aromatic rings. The summed E-state index contributed by atoms with van der Waals surface area (Å²) in [6, 6.07) is 7.73. The van der Waals surface area contributed by atoms with Gasteiger partial charge in [0.15, 0.2) is 0 Å². The van der Waals surface area contributed by atoms with Crippen LogP contribution in [-0.4, -0.2) is 41.9 Å². The highest BCUT2D eigenvalue weighted by Crippen LogP contribution is 2.20. The minimum atomic E-state index is 0.0841. The molecular formula is C14H19NO2S. The van der Waals surface area contributed by atoms with Gasteiger partial charge in [0.05, 0.1) is 0 Å². The van der Waals surface area contributed by atoms with Crippen LogP contribution in [0.1, 0.15) is 23.2 Å². The van der Waals surface area contributed by atoms with Crippen molar-refractivity contribution in [3.8, 4) is 0 Å². The summed E-state index contributed by atoms with van der Waals surface area (Å²) in [5.41, 5.74) is 0.742. The zero-order chi connectivity index (χ0) is 13.0. The number of thioether (sulfide) groups is 1. The van der Waals surface area contributed by atoms with Gasteiger partial charge >= 0.3 is 0 Å². The zero-order valence-corrected chi connectivity index (χ0v) is 11.4. The molecule has 1 aliphatic rings. The van der Waals surface area contributed by atoms with Crippen LogP contribution in [0.25, 0.3) is 0 Å². The number of aliphatic hydroxyl groups is 1. The summed E-state index contributed by atoms with van der Waals surface area (Å²) in [5.74, 6) is 0.328. The number of aliphatic hydroxyl groups excluding tert-OH is 1. The molecule has 1 heterocycles. The Balaban J connectivity index is 2.05. The maximum Gasteiger partial charge on any atom is 0.253 e. The maximum absolute atomic E-state index is 12.3. The number of carbonyl (C=O) groups is 1. The van der Waals surface area contributed by atoms with Crippen LogP contribution in [0.15, 0.2) is 29.2 Å². The molecule has 1 amide bonds. The molecular weight excluding hydrogens is 246 g/mol. The molecule has 0 spiro atoms. The third-order valence-corrected chi connectivity index (χ3v) is 4.14. The Morgan fingerprint density at radius 2 is 2.17 bits per heavy atom. The largest absolute Gasteiger partial charge is 0.396 e. The van der Waals surface area contributed by atoms with Gasteiger partial charge in [-0.15, -0.1) is 11.8 Å². The lowest BCUT2D eigenvalue weighted by Gasteiger charge is -2.31. The first-order valence-corrected chi connectivity index (χ1v) is 7.51. The van der Waals surface area contributed by atoms with E-state index >= 15 is 0 Å². The average Bonchev–Trinajstić information content (AvgIpc) is 2.46. The summed E-state index contributed by atoms with van der Waals surface area (Å²) in [5, 5.41) is 9.19. The van der Waals surface area contributed by atoms with E-state index in [1.165, 1.54) is 4.90 Å². The van der Waals surface area contributed by atoms with Gasteiger partial charge in [0.2, 0.25) is 0 Å². The lowest BCUT2D eigenvalue weighted by Crippen LogP contribution is -2.40. The van der Waals surface area contributed by atoms with Gasteiger partial charge in [-0.1, -0.05) is 0 Å². The molecule has 1 unspecified atom stereocenters. The first-order chi connectivity index (χ1) is 8.74. The lowest BCUT2D eigenvalue weighted by molar-refractivity contribution is 0.0620. The zero-order valence-electron chi connectivity index (χ0n) is 10.6. The number of rotatable bonds is 3. The number of hydrogen-bond acceptors (Lipinski definition) is 3. The second kappa shape index (κ2) is 6.25. The van der Waals surface area contributed by atoms with E-state index in [4.69, 9.17) is 0 Å². The van der Waals surface area contributed by atoms with E-state index in [-0.39, 0.29) is 18.4 Å². The van der Waals surface area contributed by atoms with Crippen LogP contribution in [0.3, 0.4) is 0 Å². The van der Waals surface area contributed by atoms with Crippen molar-refractivity contribution in [1.29, 1.82) is 0 Å². The van der Waals surface area contributed by atoms with Crippen LogP contribution in [0.5, 0.6) is 0 Å². The van der Waals surface area contributed by atoms with Crippen LogP contribution in [-0.2, 0) is 0 Å². The van der Waals surface area contributed by atoms with Crippen molar-refractivity contribution in [2.24, 2.45) is 5.92 Å². The minimum Gasteiger partial charge on any atom is -0.396 e. The van der Waals surface area contributed by atoms with E-state index in [1.807, 2.05) is 35.4 Å². The number of hydrogen-bond donors (Lipinski definition) is 1. The smallest absolute Gasteiger partial charge is 0.253 e. The molecule has 1 N–H and O–H groups in total. The fourth-order valence-corrected chi connectivity index (χ4v) is 2.72. The van der Waals surface area contributed by atoms with Gasteiger partial charge in [-0.05, 0) is 49.3 Å². The molecule has 1 saturated heterocycles. The van der Waals surface area contributed by atoms with Gasteiger partial charge in [0, 0.05) is 30.2 Å². The van der Waals surface area contributed by atoms with Gasteiger partial charge in [0.25, 0.3) is 5.91 Å². The molecule has 4 heteroatoms. The van der Waals surface area contributed by atoms with Crippen molar-refractivity contribution >= 4 is 17.7 Å². The SMILES string of the molecule is CSc1ccc(C(=O)N2CCCC(CO)C2)cc1. The van der Waals surface area contributed by atoms with Gasteiger partial charge in [-0.25, -0.2) is 0 Å². The monoisotopic (exact) mass is 265 g/mol. The Labute approximate surface area is 112 Å². The average molecular weight is 265 g/mol. The van der Waals surface area contributed by atoms with Crippen LogP contribution in [0.2, 0.25) is 0 Å². The quantitative estimate of drug-likeness (QED) is 0.852. The molecule has 0 aliphatic carbocycles. The number of nitrogens with zero attached hydrogens (tertiary/aromatic N) is 1. The molecule has 1 atom stereocenters. The van der Waals surface area contributed by atoms with Crippen LogP contribution >= 0.6 is 11.8 Å². The van der Waals surface area contributed by atoms with Crippen LogP contribution in [0, 0.1) is 5.92 Å². The fourth-order valence-electron chi connectivity index (χ4n) is 2.31. The Morgan fingerprint density at radius 1 is 1.44 bits per heavy atom. The topological polar surface area (TPSA) is 40.5 Å². The number of amides is 1. The normalized spacial score (nSPS) is 19.9. The predicted molar refractivity (Wildman–Crippen MR) is 73.9 cm³/mol. The third kappa shape index (κ3) is 3.06. The van der Waals surface area contributed by atoms with E-state index in [9.17, 15) is 9.90 Å². The van der Waals surface area contributed by atoms with Crippen LogP contribution < -0.4 is 0 Å². The first kappa shape index (κ1) is 13.4. The highest BCUT2D eigenvalue weighted by molar-refractivity contribution is 7.98. The van der Waals surface area contributed by atoms with Crippen molar-refractivity contribution in [3.63, 3.8) is 0 Å². The molecule has 1 aliphatic heterocycles. The molecule has 2 rings (SSSR count). The fraction of sp³-hybridized carbons (Fsp3) is 0.500. The maximum atomic E-state index is 12.3. The predicted octanol–water partition coefficient (Wildman–Crippen LogP) is 2.25. The van der Waals surface area contributed by atoms with Crippen LogP contribution in [0.4, 0.5) is 0 Å². The summed E-state index contributed by atoms with van der Waals surface area (Å²) in [6.45, 7) is 1.66. The van der Waals surface area contributed by atoms with Crippen molar-refractivity contribution in [1.82, 2.24) is 4.90 Å². The molecule has 3 nitrogen and oxygen atoms in total.